The molecule has 1 fully saturated rings. The molecule has 1 saturated heterocycles. The number of ether oxygens (including phenoxy) is 1. The van der Waals surface area contributed by atoms with Gasteiger partial charge in [-0.25, -0.2) is 9.18 Å². The molecule has 0 saturated carbocycles. The lowest BCUT2D eigenvalue weighted by Gasteiger charge is -2.26. The van der Waals surface area contributed by atoms with Crippen molar-refractivity contribution in [1.29, 1.82) is 0 Å². The number of amides is 1. The van der Waals surface area contributed by atoms with Crippen LogP contribution in [0.25, 0.3) is 0 Å². The van der Waals surface area contributed by atoms with E-state index in [1.165, 1.54) is 6.07 Å². The monoisotopic (exact) mass is 310 g/mol. The number of pyridine rings is 1. The molecule has 0 spiro atoms. The lowest BCUT2D eigenvalue weighted by molar-refractivity contribution is 0.0285. The number of hydrogen-bond acceptors (Lipinski definition) is 5. The maximum atomic E-state index is 13.3. The van der Waals surface area contributed by atoms with Gasteiger partial charge in [-0.3, -0.25) is 16.3 Å². The molecule has 1 amide bonds. The Hall–Kier alpha value is -1.73. The van der Waals surface area contributed by atoms with Gasteiger partial charge in [0.25, 0.3) is 0 Å². The molecule has 0 aromatic carbocycles. The zero-order valence-corrected chi connectivity index (χ0v) is 13.2. The van der Waals surface area contributed by atoms with Crippen molar-refractivity contribution in [2.24, 2.45) is 11.8 Å². The van der Waals surface area contributed by atoms with Gasteiger partial charge in [0, 0.05) is 19.3 Å². The van der Waals surface area contributed by atoms with Crippen molar-refractivity contribution < 1.29 is 13.9 Å². The van der Waals surface area contributed by atoms with Gasteiger partial charge in [0.05, 0.1) is 12.2 Å². The topological polar surface area (TPSA) is 80.5 Å². The molecule has 122 valence electrons. The molecule has 2 rings (SSSR count). The highest BCUT2D eigenvalue weighted by Gasteiger charge is 2.34. The quantitative estimate of drug-likeness (QED) is 0.659. The third-order valence-electron chi connectivity index (χ3n) is 3.61. The van der Waals surface area contributed by atoms with Crippen molar-refractivity contribution in [3.63, 3.8) is 0 Å². The lowest BCUT2D eigenvalue weighted by Crippen LogP contribution is -2.38. The molecule has 2 heterocycles. The van der Waals surface area contributed by atoms with Gasteiger partial charge in [-0.1, -0.05) is 0 Å². The second kappa shape index (κ2) is 6.58. The maximum absolute atomic E-state index is 13.3. The van der Waals surface area contributed by atoms with E-state index in [2.05, 4.69) is 10.4 Å². The largest absolute Gasteiger partial charge is 0.444 e. The molecule has 6 nitrogen and oxygen atoms in total. The van der Waals surface area contributed by atoms with Crippen molar-refractivity contribution in [3.8, 4) is 0 Å². The molecular weight excluding hydrogens is 287 g/mol. The van der Waals surface area contributed by atoms with Crippen LogP contribution in [0.3, 0.4) is 0 Å². The van der Waals surface area contributed by atoms with Crippen LogP contribution in [0.15, 0.2) is 18.5 Å². The Morgan fingerprint density at radius 1 is 1.55 bits per heavy atom. The molecule has 0 bridgehead atoms. The minimum atomic E-state index is -0.521. The van der Waals surface area contributed by atoms with E-state index < -0.39 is 11.4 Å². The molecule has 2 unspecified atom stereocenters. The summed E-state index contributed by atoms with van der Waals surface area (Å²) in [5.74, 6) is 5.30. The lowest BCUT2D eigenvalue weighted by atomic mass is 9.94. The summed E-state index contributed by atoms with van der Waals surface area (Å²) in [6.45, 7) is 6.62. The average Bonchev–Trinajstić information content (AvgIpc) is 2.87. The van der Waals surface area contributed by atoms with Gasteiger partial charge in [0.15, 0.2) is 0 Å². The van der Waals surface area contributed by atoms with Gasteiger partial charge in [0.1, 0.15) is 11.4 Å². The highest BCUT2D eigenvalue weighted by Crippen LogP contribution is 2.30. The van der Waals surface area contributed by atoms with Gasteiger partial charge in [-0.2, -0.15) is 0 Å². The average molecular weight is 310 g/mol. The Labute approximate surface area is 129 Å². The maximum Gasteiger partial charge on any atom is 0.410 e. The van der Waals surface area contributed by atoms with E-state index in [1.54, 1.807) is 11.1 Å². The number of nitrogens with two attached hydrogens (primary N) is 1. The number of likely N-dealkylation sites (tertiary alicyclic amines) is 1. The van der Waals surface area contributed by atoms with Crippen LogP contribution in [0, 0.1) is 11.7 Å². The van der Waals surface area contributed by atoms with E-state index >= 15 is 0 Å². The van der Waals surface area contributed by atoms with Gasteiger partial charge >= 0.3 is 6.09 Å². The summed E-state index contributed by atoms with van der Waals surface area (Å²) in [6, 6.07) is 1.16. The fourth-order valence-corrected chi connectivity index (χ4v) is 2.65. The molecule has 7 heteroatoms. The number of aromatic nitrogens is 1. The summed E-state index contributed by atoms with van der Waals surface area (Å²) >= 11 is 0. The van der Waals surface area contributed by atoms with Crippen molar-refractivity contribution in [2.45, 2.75) is 38.8 Å². The summed E-state index contributed by atoms with van der Waals surface area (Å²) in [5.41, 5.74) is 2.87. The zero-order chi connectivity index (χ0) is 16.3. The van der Waals surface area contributed by atoms with E-state index in [9.17, 15) is 9.18 Å². The van der Waals surface area contributed by atoms with E-state index in [-0.39, 0.29) is 18.1 Å². The molecule has 22 heavy (non-hydrogen) atoms. The van der Waals surface area contributed by atoms with Crippen molar-refractivity contribution in [2.75, 3.05) is 13.1 Å². The number of nitrogens with zero attached hydrogens (tertiary/aromatic N) is 2. The second-order valence-corrected chi connectivity index (χ2v) is 6.56. The molecule has 0 radical (unpaired) electrons. The fraction of sp³-hybridized carbons (Fsp3) is 0.600. The van der Waals surface area contributed by atoms with Crippen LogP contribution >= 0.6 is 0 Å². The normalized spacial score (nSPS) is 20.0. The number of carbonyl (C=O) groups is 1. The molecule has 1 aromatic heterocycles. The SMILES string of the molecule is CC(C)(C)OC(=O)N1CCC(C(NN)c2cncc(F)c2)C1. The third-order valence-corrected chi connectivity index (χ3v) is 3.61. The Balaban J connectivity index is 2.03. The number of nitrogens with one attached hydrogen (secondary N) is 1. The van der Waals surface area contributed by atoms with E-state index in [0.29, 0.717) is 18.7 Å². The predicted molar refractivity (Wildman–Crippen MR) is 80.2 cm³/mol. The smallest absolute Gasteiger partial charge is 0.410 e. The number of carbonyl (C=O) groups excluding carboxylic acids is 1. The highest BCUT2D eigenvalue weighted by atomic mass is 19.1. The first-order valence-electron chi connectivity index (χ1n) is 7.34. The fourth-order valence-electron chi connectivity index (χ4n) is 2.65. The molecule has 2 atom stereocenters. The highest BCUT2D eigenvalue weighted by molar-refractivity contribution is 5.68. The number of halogens is 1. The first-order valence-corrected chi connectivity index (χ1v) is 7.34. The second-order valence-electron chi connectivity index (χ2n) is 6.56. The minimum Gasteiger partial charge on any atom is -0.444 e. The molecule has 1 aliphatic heterocycles. The Morgan fingerprint density at radius 3 is 2.86 bits per heavy atom. The van der Waals surface area contributed by atoms with Gasteiger partial charge in [-0.05, 0) is 44.7 Å². The minimum absolute atomic E-state index is 0.0844. The number of hydrogen-bond donors (Lipinski definition) is 2. The van der Waals surface area contributed by atoms with Gasteiger partial charge in [-0.15, -0.1) is 0 Å². The molecule has 0 aliphatic carbocycles. The van der Waals surface area contributed by atoms with E-state index in [0.717, 1.165) is 12.6 Å². The standard InChI is InChI=1S/C15H23FN4O2/c1-15(2,3)22-14(21)20-5-4-10(9-20)13(19-17)11-6-12(16)8-18-7-11/h6-8,10,13,19H,4-5,9,17H2,1-3H3. The van der Waals surface area contributed by atoms with Crippen molar-refractivity contribution in [3.05, 3.63) is 29.8 Å². The number of hydrazine groups is 1. The molecule has 3 N–H and O–H groups in total. The van der Waals surface area contributed by atoms with Crippen LogP contribution in [0.2, 0.25) is 0 Å². The van der Waals surface area contributed by atoms with Crippen LogP contribution in [0.4, 0.5) is 9.18 Å². The van der Waals surface area contributed by atoms with Crippen LogP contribution in [0.1, 0.15) is 38.8 Å². The summed E-state index contributed by atoms with van der Waals surface area (Å²) in [5, 5.41) is 0. The Bertz CT molecular complexity index is 533. The van der Waals surface area contributed by atoms with Crippen LogP contribution in [-0.4, -0.2) is 34.7 Å². The summed E-state index contributed by atoms with van der Waals surface area (Å²) < 4.78 is 18.7. The van der Waals surface area contributed by atoms with Gasteiger partial charge < -0.3 is 9.64 Å². The molecular formula is C15H23FN4O2. The van der Waals surface area contributed by atoms with Crippen molar-refractivity contribution >= 4 is 6.09 Å². The van der Waals surface area contributed by atoms with Crippen LogP contribution in [0.5, 0.6) is 0 Å². The summed E-state index contributed by atoms with van der Waals surface area (Å²) in [7, 11) is 0. The first-order chi connectivity index (χ1) is 10.3. The van der Waals surface area contributed by atoms with Crippen LogP contribution < -0.4 is 11.3 Å². The molecule has 1 aliphatic rings. The van der Waals surface area contributed by atoms with Crippen LogP contribution in [-0.2, 0) is 4.74 Å². The predicted octanol–water partition coefficient (Wildman–Crippen LogP) is 1.98. The van der Waals surface area contributed by atoms with Gasteiger partial charge in [0.2, 0.25) is 0 Å². The Kier molecular flexibility index (Phi) is 4.97. The zero-order valence-electron chi connectivity index (χ0n) is 13.2. The van der Waals surface area contributed by atoms with Crippen molar-refractivity contribution in [1.82, 2.24) is 15.3 Å². The summed E-state index contributed by atoms with van der Waals surface area (Å²) in [4.78, 5) is 17.6. The Morgan fingerprint density at radius 2 is 2.27 bits per heavy atom. The van der Waals surface area contributed by atoms with E-state index in [1.807, 2.05) is 20.8 Å². The van der Waals surface area contributed by atoms with E-state index in [4.69, 9.17) is 10.6 Å². The first kappa shape index (κ1) is 16.6. The third kappa shape index (κ3) is 4.14. The number of rotatable bonds is 3. The molecule has 1 aromatic rings. The summed E-state index contributed by atoms with van der Waals surface area (Å²) in [6.07, 6.45) is 3.18.